The molecule has 0 radical (unpaired) electrons. The Labute approximate surface area is 120 Å². The van der Waals surface area contributed by atoms with Gasteiger partial charge in [-0.25, -0.2) is 4.98 Å². The number of hydrogen-bond donors (Lipinski definition) is 1. The highest BCUT2D eigenvalue weighted by molar-refractivity contribution is 9.10. The number of aromatic nitrogens is 1. The van der Waals surface area contributed by atoms with E-state index >= 15 is 0 Å². The molecule has 18 heavy (non-hydrogen) atoms. The maximum absolute atomic E-state index is 4.88. The third-order valence-electron chi connectivity index (χ3n) is 3.95. The number of halogens is 1. The van der Waals surface area contributed by atoms with Crippen LogP contribution in [-0.4, -0.2) is 18.1 Å². The van der Waals surface area contributed by atoms with Crippen LogP contribution in [0.5, 0.6) is 0 Å². The summed E-state index contributed by atoms with van der Waals surface area (Å²) in [6.45, 7) is 4.51. The van der Waals surface area contributed by atoms with Gasteiger partial charge in [-0.3, -0.25) is 0 Å². The van der Waals surface area contributed by atoms with Gasteiger partial charge in [0.05, 0.1) is 10.2 Å². The molecule has 1 aliphatic heterocycles. The molecule has 0 spiro atoms. The van der Waals surface area contributed by atoms with Crippen LogP contribution in [0.2, 0.25) is 0 Å². The van der Waals surface area contributed by atoms with Gasteiger partial charge in [0.15, 0.2) is 0 Å². The zero-order chi connectivity index (χ0) is 12.6. The fraction of sp³-hybridized carbons (Fsp3) is 0.500. The van der Waals surface area contributed by atoms with Crippen molar-refractivity contribution in [1.82, 2.24) is 10.3 Å². The topological polar surface area (TPSA) is 24.9 Å². The van der Waals surface area contributed by atoms with Crippen LogP contribution < -0.4 is 5.32 Å². The van der Waals surface area contributed by atoms with E-state index in [0.717, 1.165) is 23.1 Å². The Balaban J connectivity index is 2.06. The van der Waals surface area contributed by atoms with Crippen LogP contribution in [0.25, 0.3) is 10.2 Å². The van der Waals surface area contributed by atoms with Crippen molar-refractivity contribution in [3.8, 4) is 0 Å². The van der Waals surface area contributed by atoms with E-state index in [1.165, 1.54) is 29.0 Å². The van der Waals surface area contributed by atoms with Gasteiger partial charge in [0.1, 0.15) is 5.01 Å². The highest BCUT2D eigenvalue weighted by Crippen LogP contribution is 2.39. The number of nitrogens with one attached hydrogen (secondary N) is 1. The molecule has 0 bridgehead atoms. The lowest BCUT2D eigenvalue weighted by molar-refractivity contribution is 0.302. The van der Waals surface area contributed by atoms with Gasteiger partial charge in [0, 0.05) is 16.4 Å². The second-order valence-corrected chi connectivity index (χ2v) is 6.99. The summed E-state index contributed by atoms with van der Waals surface area (Å²) < 4.78 is 2.43. The van der Waals surface area contributed by atoms with E-state index in [2.05, 4.69) is 46.4 Å². The van der Waals surface area contributed by atoms with E-state index in [1.54, 1.807) is 0 Å². The lowest BCUT2D eigenvalue weighted by Gasteiger charge is -2.35. The molecule has 0 saturated carbocycles. The van der Waals surface area contributed by atoms with Gasteiger partial charge in [-0.1, -0.05) is 22.9 Å². The molecule has 2 heterocycles. The van der Waals surface area contributed by atoms with Crippen LogP contribution in [0.3, 0.4) is 0 Å². The summed E-state index contributed by atoms with van der Waals surface area (Å²) in [5.41, 5.74) is 1.39. The third-order valence-corrected chi connectivity index (χ3v) is 5.71. The van der Waals surface area contributed by atoms with Crippen LogP contribution in [0.15, 0.2) is 22.7 Å². The number of hydrogen-bond acceptors (Lipinski definition) is 3. The molecule has 1 N–H and O–H groups in total. The number of fused-ring (bicyclic) bond motifs is 1. The molecule has 1 aromatic carbocycles. The lowest BCUT2D eigenvalue weighted by Crippen LogP contribution is -2.42. The zero-order valence-electron chi connectivity index (χ0n) is 10.5. The first kappa shape index (κ1) is 12.6. The first-order valence-electron chi connectivity index (χ1n) is 6.51. The van der Waals surface area contributed by atoms with Gasteiger partial charge in [-0.15, -0.1) is 11.3 Å². The SMILES string of the molecule is CCC1(c2nc3ccc(Br)cc3s2)CCCNC1. The number of rotatable bonds is 2. The first-order valence-corrected chi connectivity index (χ1v) is 8.12. The largest absolute Gasteiger partial charge is 0.316 e. The van der Waals surface area contributed by atoms with Gasteiger partial charge < -0.3 is 5.32 Å². The molecule has 2 aromatic rings. The molecule has 1 aromatic heterocycles. The molecule has 3 rings (SSSR count). The second-order valence-electron chi connectivity index (χ2n) is 5.05. The predicted octanol–water partition coefficient (Wildman–Crippen LogP) is 4.09. The minimum Gasteiger partial charge on any atom is -0.316 e. The monoisotopic (exact) mass is 324 g/mol. The average Bonchev–Trinajstić information content (AvgIpc) is 2.83. The first-order chi connectivity index (χ1) is 8.73. The van der Waals surface area contributed by atoms with E-state index in [4.69, 9.17) is 4.98 Å². The van der Waals surface area contributed by atoms with Gasteiger partial charge in [-0.05, 0) is 44.0 Å². The highest BCUT2D eigenvalue weighted by Gasteiger charge is 2.35. The van der Waals surface area contributed by atoms with Crippen LogP contribution in [-0.2, 0) is 5.41 Å². The van der Waals surface area contributed by atoms with Crippen molar-refractivity contribution < 1.29 is 0 Å². The van der Waals surface area contributed by atoms with Gasteiger partial charge in [0.25, 0.3) is 0 Å². The van der Waals surface area contributed by atoms with Crippen LogP contribution in [0.1, 0.15) is 31.2 Å². The summed E-state index contributed by atoms with van der Waals surface area (Å²) in [7, 11) is 0. The predicted molar refractivity (Wildman–Crippen MR) is 81.4 cm³/mol. The van der Waals surface area contributed by atoms with E-state index in [9.17, 15) is 0 Å². The number of piperidine rings is 1. The quantitative estimate of drug-likeness (QED) is 0.899. The van der Waals surface area contributed by atoms with Crippen molar-refractivity contribution >= 4 is 37.5 Å². The molecule has 1 unspecified atom stereocenters. The summed E-state index contributed by atoms with van der Waals surface area (Å²) in [5.74, 6) is 0. The van der Waals surface area contributed by atoms with Crippen LogP contribution >= 0.6 is 27.3 Å². The molecule has 1 fully saturated rings. The van der Waals surface area contributed by atoms with Crippen molar-refractivity contribution in [2.75, 3.05) is 13.1 Å². The molecule has 96 valence electrons. The number of thiazole rings is 1. The Bertz CT molecular complexity index is 558. The maximum Gasteiger partial charge on any atom is 0.101 e. The lowest BCUT2D eigenvalue weighted by atomic mass is 9.79. The van der Waals surface area contributed by atoms with Crippen LogP contribution in [0.4, 0.5) is 0 Å². The van der Waals surface area contributed by atoms with Crippen molar-refractivity contribution in [2.45, 2.75) is 31.6 Å². The smallest absolute Gasteiger partial charge is 0.101 e. The molecule has 1 atom stereocenters. The fourth-order valence-corrected chi connectivity index (χ4v) is 4.53. The second kappa shape index (κ2) is 4.91. The summed E-state index contributed by atoms with van der Waals surface area (Å²) in [6.07, 6.45) is 3.69. The molecule has 1 aliphatic rings. The number of nitrogens with zero attached hydrogens (tertiary/aromatic N) is 1. The van der Waals surface area contributed by atoms with E-state index < -0.39 is 0 Å². The third kappa shape index (κ3) is 2.10. The highest BCUT2D eigenvalue weighted by atomic mass is 79.9. The Hall–Kier alpha value is -0.450. The Morgan fingerprint density at radius 1 is 1.50 bits per heavy atom. The maximum atomic E-state index is 4.88. The minimum atomic E-state index is 0.258. The Kier molecular flexibility index (Phi) is 3.43. The summed E-state index contributed by atoms with van der Waals surface area (Å²) in [4.78, 5) is 4.88. The standard InChI is InChI=1S/C14H17BrN2S/c1-2-14(6-3-7-16-9-14)13-17-11-5-4-10(15)8-12(11)18-13/h4-5,8,16H,2-3,6-7,9H2,1H3. The average molecular weight is 325 g/mol. The molecule has 0 aliphatic carbocycles. The van der Waals surface area contributed by atoms with Crippen molar-refractivity contribution in [2.24, 2.45) is 0 Å². The molecule has 0 amide bonds. The van der Waals surface area contributed by atoms with Crippen molar-refractivity contribution in [3.05, 3.63) is 27.7 Å². The van der Waals surface area contributed by atoms with Crippen LogP contribution in [0, 0.1) is 0 Å². The number of benzene rings is 1. The molecular formula is C14H17BrN2S. The van der Waals surface area contributed by atoms with Gasteiger partial charge >= 0.3 is 0 Å². The van der Waals surface area contributed by atoms with Crippen molar-refractivity contribution in [3.63, 3.8) is 0 Å². The fourth-order valence-electron chi connectivity index (χ4n) is 2.73. The summed E-state index contributed by atoms with van der Waals surface area (Å²) >= 11 is 5.39. The molecule has 4 heteroatoms. The summed E-state index contributed by atoms with van der Waals surface area (Å²) in [5, 5.41) is 4.85. The minimum absolute atomic E-state index is 0.258. The van der Waals surface area contributed by atoms with E-state index in [-0.39, 0.29) is 5.41 Å². The zero-order valence-corrected chi connectivity index (χ0v) is 12.9. The van der Waals surface area contributed by atoms with Crippen molar-refractivity contribution in [1.29, 1.82) is 0 Å². The van der Waals surface area contributed by atoms with E-state index in [0.29, 0.717) is 0 Å². The normalized spacial score (nSPS) is 24.6. The van der Waals surface area contributed by atoms with Gasteiger partial charge in [0.2, 0.25) is 0 Å². The van der Waals surface area contributed by atoms with E-state index in [1.807, 2.05) is 11.3 Å². The molecular weight excluding hydrogens is 308 g/mol. The summed E-state index contributed by atoms with van der Waals surface area (Å²) in [6, 6.07) is 6.36. The molecule has 1 saturated heterocycles. The molecule has 2 nitrogen and oxygen atoms in total. The Morgan fingerprint density at radius 2 is 2.39 bits per heavy atom. The van der Waals surface area contributed by atoms with Gasteiger partial charge in [-0.2, -0.15) is 0 Å². The Morgan fingerprint density at radius 3 is 3.11 bits per heavy atom.